The minimum absolute atomic E-state index is 0.314. The van der Waals surface area contributed by atoms with E-state index in [1.54, 1.807) is 6.26 Å². The zero-order valence-corrected chi connectivity index (χ0v) is 15.3. The third kappa shape index (κ3) is 5.22. The molecule has 25 heavy (non-hydrogen) atoms. The highest BCUT2D eigenvalue weighted by Crippen LogP contribution is 2.25. The maximum Gasteiger partial charge on any atom is 0.129 e. The Morgan fingerprint density at radius 1 is 1.24 bits per heavy atom. The molecule has 1 aliphatic heterocycles. The number of halogens is 1. The smallest absolute Gasteiger partial charge is 0.129 e. The van der Waals surface area contributed by atoms with E-state index >= 15 is 0 Å². The Morgan fingerprint density at radius 2 is 2.04 bits per heavy atom. The Kier molecular flexibility index (Phi) is 6.37. The van der Waals surface area contributed by atoms with Gasteiger partial charge >= 0.3 is 0 Å². The van der Waals surface area contributed by atoms with Crippen LogP contribution in [0, 0.1) is 6.92 Å². The van der Waals surface area contributed by atoms with Crippen molar-refractivity contribution in [3.05, 3.63) is 52.9 Å². The van der Waals surface area contributed by atoms with E-state index in [-0.39, 0.29) is 0 Å². The third-order valence-electron chi connectivity index (χ3n) is 4.49. The van der Waals surface area contributed by atoms with Crippen LogP contribution in [0.2, 0.25) is 5.02 Å². The molecule has 3 rings (SSSR count). The number of rotatable bonds is 7. The lowest BCUT2D eigenvalue weighted by Gasteiger charge is -2.37. The topological polar surface area (TPSA) is 49.1 Å². The summed E-state index contributed by atoms with van der Waals surface area (Å²) in [7, 11) is 0. The fourth-order valence-corrected chi connectivity index (χ4v) is 3.30. The first kappa shape index (κ1) is 18.3. The fraction of sp³-hybridized carbons (Fsp3) is 0.474. The molecule has 136 valence electrons. The summed E-state index contributed by atoms with van der Waals surface area (Å²) in [5.41, 5.74) is 2.44. The lowest BCUT2D eigenvalue weighted by molar-refractivity contribution is 0.00441. The highest BCUT2D eigenvalue weighted by molar-refractivity contribution is 6.30. The Hall–Kier alpha value is -1.53. The standard InChI is InChI=1S/C19H25ClN2O3/c1-15-4-5-16(20)11-19(15)22-8-6-21(7-9-22)12-17(23)13-24-14-18-3-2-10-25-18/h2-5,10-11,17,23H,6-9,12-14H2,1H3/t17-/m1/s1. The van der Waals surface area contributed by atoms with Crippen LogP contribution in [0.25, 0.3) is 0 Å². The van der Waals surface area contributed by atoms with Gasteiger partial charge in [0, 0.05) is 43.4 Å². The van der Waals surface area contributed by atoms with E-state index in [0.29, 0.717) is 19.8 Å². The average molecular weight is 365 g/mol. The summed E-state index contributed by atoms with van der Waals surface area (Å²) in [5.74, 6) is 0.776. The largest absolute Gasteiger partial charge is 0.467 e. The fourth-order valence-electron chi connectivity index (χ4n) is 3.14. The van der Waals surface area contributed by atoms with Crippen LogP contribution in [-0.2, 0) is 11.3 Å². The molecule has 1 fully saturated rings. The summed E-state index contributed by atoms with van der Waals surface area (Å²) in [6, 6.07) is 9.71. The first-order chi connectivity index (χ1) is 12.1. The molecule has 1 aliphatic rings. The van der Waals surface area contributed by atoms with Crippen LogP contribution in [0.15, 0.2) is 41.0 Å². The molecule has 0 unspecified atom stereocenters. The van der Waals surface area contributed by atoms with E-state index in [1.165, 1.54) is 11.3 Å². The number of benzene rings is 1. The van der Waals surface area contributed by atoms with Crippen LogP contribution in [0.5, 0.6) is 0 Å². The molecule has 2 heterocycles. The van der Waals surface area contributed by atoms with Crippen LogP contribution in [-0.4, -0.2) is 55.4 Å². The SMILES string of the molecule is Cc1ccc(Cl)cc1N1CCN(C[C@@H](O)COCc2ccco2)CC1. The van der Waals surface area contributed by atoms with Gasteiger partial charge in [-0.15, -0.1) is 0 Å². The molecule has 1 N–H and O–H groups in total. The molecule has 0 amide bonds. The minimum Gasteiger partial charge on any atom is -0.467 e. The number of β-amino-alcohol motifs (C(OH)–C–C–N with tert-alkyl or cyclic N) is 1. The summed E-state index contributed by atoms with van der Waals surface area (Å²) in [6.07, 6.45) is 1.13. The number of aryl methyl sites for hydroxylation is 1. The normalized spacial score (nSPS) is 17.0. The number of anilines is 1. The minimum atomic E-state index is -0.491. The van der Waals surface area contributed by atoms with Gasteiger partial charge in [-0.2, -0.15) is 0 Å². The van der Waals surface area contributed by atoms with Gasteiger partial charge in [0.1, 0.15) is 12.4 Å². The highest BCUT2D eigenvalue weighted by Gasteiger charge is 2.20. The van der Waals surface area contributed by atoms with Gasteiger partial charge in [-0.05, 0) is 36.8 Å². The van der Waals surface area contributed by atoms with Crippen molar-refractivity contribution in [3.63, 3.8) is 0 Å². The molecule has 0 saturated carbocycles. The summed E-state index contributed by atoms with van der Waals surface area (Å²) >= 11 is 6.13. The molecule has 1 aromatic carbocycles. The molecule has 0 aliphatic carbocycles. The molecule has 6 heteroatoms. The van der Waals surface area contributed by atoms with Crippen molar-refractivity contribution >= 4 is 17.3 Å². The molecule has 1 aromatic heterocycles. The molecule has 5 nitrogen and oxygen atoms in total. The van der Waals surface area contributed by atoms with Crippen LogP contribution < -0.4 is 4.90 Å². The van der Waals surface area contributed by atoms with E-state index in [4.69, 9.17) is 20.8 Å². The molecule has 1 atom stereocenters. The molecular weight excluding hydrogens is 340 g/mol. The van der Waals surface area contributed by atoms with Gasteiger partial charge in [0.15, 0.2) is 0 Å². The number of piperazine rings is 1. The monoisotopic (exact) mass is 364 g/mol. The van der Waals surface area contributed by atoms with Crippen molar-refractivity contribution in [2.75, 3.05) is 44.2 Å². The summed E-state index contributed by atoms with van der Waals surface area (Å²) in [5, 5.41) is 10.9. The zero-order chi connectivity index (χ0) is 17.6. The maximum absolute atomic E-state index is 10.2. The Balaban J connectivity index is 1.40. The number of nitrogens with zero attached hydrogens (tertiary/aromatic N) is 2. The molecule has 2 aromatic rings. The van der Waals surface area contributed by atoms with Gasteiger partial charge in [-0.3, -0.25) is 4.90 Å². The number of ether oxygens (including phenoxy) is 1. The molecule has 0 spiro atoms. The lowest BCUT2D eigenvalue weighted by atomic mass is 10.1. The van der Waals surface area contributed by atoms with Crippen LogP contribution in [0.4, 0.5) is 5.69 Å². The number of hydrogen-bond donors (Lipinski definition) is 1. The third-order valence-corrected chi connectivity index (χ3v) is 4.72. The zero-order valence-electron chi connectivity index (χ0n) is 14.5. The van der Waals surface area contributed by atoms with E-state index < -0.39 is 6.10 Å². The lowest BCUT2D eigenvalue weighted by Crippen LogP contribution is -2.49. The maximum atomic E-state index is 10.2. The van der Waals surface area contributed by atoms with Gasteiger partial charge in [0.05, 0.1) is 19.0 Å². The Morgan fingerprint density at radius 3 is 2.76 bits per heavy atom. The van der Waals surface area contributed by atoms with Gasteiger partial charge in [-0.1, -0.05) is 17.7 Å². The molecule has 0 radical (unpaired) electrons. The molecule has 0 bridgehead atoms. The van der Waals surface area contributed by atoms with Gasteiger partial charge in [-0.25, -0.2) is 0 Å². The van der Waals surface area contributed by atoms with Crippen molar-refractivity contribution in [2.24, 2.45) is 0 Å². The van der Waals surface area contributed by atoms with Gasteiger partial charge < -0.3 is 19.2 Å². The highest BCUT2D eigenvalue weighted by atomic mass is 35.5. The number of hydrogen-bond acceptors (Lipinski definition) is 5. The van der Waals surface area contributed by atoms with E-state index in [2.05, 4.69) is 22.8 Å². The van der Waals surface area contributed by atoms with Gasteiger partial charge in [0.25, 0.3) is 0 Å². The van der Waals surface area contributed by atoms with E-state index in [0.717, 1.165) is 37.0 Å². The number of furan rings is 1. The van der Waals surface area contributed by atoms with Crippen molar-refractivity contribution < 1.29 is 14.3 Å². The first-order valence-corrected chi connectivity index (χ1v) is 9.01. The average Bonchev–Trinajstić information content (AvgIpc) is 3.11. The predicted molar refractivity (Wildman–Crippen MR) is 99.2 cm³/mol. The summed E-state index contributed by atoms with van der Waals surface area (Å²) in [6.45, 7) is 7.14. The van der Waals surface area contributed by atoms with Crippen LogP contribution in [0.1, 0.15) is 11.3 Å². The molecular formula is C19H25ClN2O3. The number of aliphatic hydroxyl groups is 1. The van der Waals surface area contributed by atoms with Gasteiger partial charge in [0.2, 0.25) is 0 Å². The van der Waals surface area contributed by atoms with E-state index in [9.17, 15) is 5.11 Å². The first-order valence-electron chi connectivity index (χ1n) is 8.63. The summed E-state index contributed by atoms with van der Waals surface area (Å²) in [4.78, 5) is 4.63. The quantitative estimate of drug-likeness (QED) is 0.818. The van der Waals surface area contributed by atoms with Crippen molar-refractivity contribution in [2.45, 2.75) is 19.6 Å². The van der Waals surface area contributed by atoms with Crippen LogP contribution in [0.3, 0.4) is 0 Å². The van der Waals surface area contributed by atoms with E-state index in [1.807, 2.05) is 24.3 Å². The molecule has 1 saturated heterocycles. The van der Waals surface area contributed by atoms with Crippen LogP contribution >= 0.6 is 11.6 Å². The second-order valence-electron chi connectivity index (χ2n) is 6.47. The second-order valence-corrected chi connectivity index (χ2v) is 6.90. The van der Waals surface area contributed by atoms with Crippen molar-refractivity contribution in [3.8, 4) is 0 Å². The van der Waals surface area contributed by atoms with Crippen molar-refractivity contribution in [1.29, 1.82) is 0 Å². The second kappa shape index (κ2) is 8.72. The Bertz CT molecular complexity index is 655. The summed E-state index contributed by atoms with van der Waals surface area (Å²) < 4.78 is 10.7. The number of aliphatic hydroxyl groups excluding tert-OH is 1. The Labute approximate surface area is 153 Å². The predicted octanol–water partition coefficient (Wildman–Crippen LogP) is 2.94. The van der Waals surface area contributed by atoms with Crippen molar-refractivity contribution in [1.82, 2.24) is 4.90 Å².